The van der Waals surface area contributed by atoms with Gasteiger partial charge in [0.1, 0.15) is 11.9 Å². The van der Waals surface area contributed by atoms with Gasteiger partial charge in [0.15, 0.2) is 0 Å². The summed E-state index contributed by atoms with van der Waals surface area (Å²) in [4.78, 5) is 25.1. The molecule has 6 rings (SSSR count). The fourth-order valence-electron chi connectivity index (χ4n) is 7.55. The summed E-state index contributed by atoms with van der Waals surface area (Å²) in [7, 11) is 0. The Morgan fingerprint density at radius 3 is 2.17 bits per heavy atom. The molecular weight excluding hydrogens is 496 g/mol. The first-order valence-electron chi connectivity index (χ1n) is 14.5. The first kappa shape index (κ1) is 26.3. The fourth-order valence-corrected chi connectivity index (χ4v) is 7.55. The summed E-state index contributed by atoms with van der Waals surface area (Å²) in [6, 6.07) is 25.8. The zero-order chi connectivity index (χ0) is 27.5. The summed E-state index contributed by atoms with van der Waals surface area (Å²) in [5, 5.41) is 0. The fraction of sp³-hybridized carbons (Fsp3) is 0.333. The molecule has 0 amide bonds. The van der Waals surface area contributed by atoms with E-state index < -0.39 is 0 Å². The van der Waals surface area contributed by atoms with Crippen molar-refractivity contribution in [3.8, 4) is 5.75 Å². The number of hydrogen-bond donors (Lipinski definition) is 0. The van der Waals surface area contributed by atoms with Crippen molar-refractivity contribution in [2.24, 2.45) is 17.3 Å². The highest BCUT2D eigenvalue weighted by Crippen LogP contribution is 2.61. The minimum absolute atomic E-state index is 0.0233. The molecule has 204 valence electrons. The summed E-state index contributed by atoms with van der Waals surface area (Å²) in [6.45, 7) is 2.35. The van der Waals surface area contributed by atoms with E-state index >= 15 is 0 Å². The summed E-state index contributed by atoms with van der Waals surface area (Å²) < 4.78 is 11.7. The smallest absolute Gasteiger partial charge is 0.336 e. The number of ether oxygens (including phenoxy) is 2. The van der Waals surface area contributed by atoms with Crippen LogP contribution < -0.4 is 4.74 Å². The van der Waals surface area contributed by atoms with Gasteiger partial charge < -0.3 is 9.47 Å². The van der Waals surface area contributed by atoms with Crippen LogP contribution in [0.15, 0.2) is 91.0 Å². The van der Waals surface area contributed by atoms with Crippen molar-refractivity contribution in [2.45, 2.75) is 57.5 Å². The molecule has 0 saturated heterocycles. The van der Waals surface area contributed by atoms with Crippen LogP contribution in [-0.4, -0.2) is 18.0 Å². The predicted octanol–water partition coefficient (Wildman–Crippen LogP) is 7.79. The lowest BCUT2D eigenvalue weighted by molar-refractivity contribution is -0.151. The lowest BCUT2D eigenvalue weighted by Crippen LogP contribution is -2.45. The Bertz CT molecular complexity index is 1420. The van der Waals surface area contributed by atoms with Crippen molar-refractivity contribution in [3.05, 3.63) is 113 Å². The standard InChI is InChI=1S/C36H36O4/c1-36-23-22-30-29-17-15-28(39-34(37)20-12-25-8-4-2-5-9-25)24-27(29)14-16-31(30)32(36)18-19-33(36)40-35(38)21-13-26-10-6-3-7-11-26/h2-13,15,17,20-21,24,30-33H,14,16,18-19,22-23H2,1H3/b20-12+,21-13+/t30-,31-,32+,33+,36+/m1/s1. The summed E-state index contributed by atoms with van der Waals surface area (Å²) in [6.07, 6.45) is 12.9. The maximum absolute atomic E-state index is 12.7. The zero-order valence-corrected chi connectivity index (χ0v) is 23.0. The third kappa shape index (κ3) is 5.40. The number of esters is 2. The van der Waals surface area contributed by atoms with Gasteiger partial charge in [0.05, 0.1) is 0 Å². The second-order valence-electron chi connectivity index (χ2n) is 11.7. The van der Waals surface area contributed by atoms with E-state index in [1.165, 1.54) is 17.2 Å². The van der Waals surface area contributed by atoms with Gasteiger partial charge in [-0.1, -0.05) is 73.7 Å². The summed E-state index contributed by atoms with van der Waals surface area (Å²) in [5.74, 6) is 1.66. The van der Waals surface area contributed by atoms with E-state index in [9.17, 15) is 9.59 Å². The molecule has 0 spiro atoms. The highest BCUT2D eigenvalue weighted by molar-refractivity contribution is 5.88. The molecule has 3 aliphatic carbocycles. The van der Waals surface area contributed by atoms with Crippen LogP contribution in [0.1, 0.15) is 67.2 Å². The van der Waals surface area contributed by atoms with E-state index in [1.807, 2.05) is 72.8 Å². The topological polar surface area (TPSA) is 52.6 Å². The van der Waals surface area contributed by atoms with Crippen LogP contribution in [0.5, 0.6) is 5.75 Å². The minimum Gasteiger partial charge on any atom is -0.459 e. The van der Waals surface area contributed by atoms with Crippen molar-refractivity contribution in [1.82, 2.24) is 0 Å². The van der Waals surface area contributed by atoms with E-state index in [1.54, 1.807) is 12.2 Å². The predicted molar refractivity (Wildman–Crippen MR) is 158 cm³/mol. The molecule has 4 nitrogen and oxygen atoms in total. The molecule has 3 aromatic carbocycles. The van der Waals surface area contributed by atoms with Gasteiger partial charge in [0, 0.05) is 17.6 Å². The largest absolute Gasteiger partial charge is 0.459 e. The molecule has 5 atom stereocenters. The Balaban J connectivity index is 1.10. The maximum Gasteiger partial charge on any atom is 0.336 e. The van der Waals surface area contributed by atoms with Gasteiger partial charge in [-0.2, -0.15) is 0 Å². The van der Waals surface area contributed by atoms with Crippen LogP contribution >= 0.6 is 0 Å². The Hall–Kier alpha value is -3.92. The Morgan fingerprint density at radius 2 is 1.48 bits per heavy atom. The van der Waals surface area contributed by atoms with Crippen LogP contribution in [0, 0.1) is 17.3 Å². The third-order valence-electron chi connectivity index (χ3n) is 9.51. The average Bonchev–Trinajstić information content (AvgIpc) is 3.31. The van der Waals surface area contributed by atoms with Gasteiger partial charge in [-0.25, -0.2) is 9.59 Å². The van der Waals surface area contributed by atoms with Crippen LogP contribution in [-0.2, 0) is 20.7 Å². The third-order valence-corrected chi connectivity index (χ3v) is 9.51. The van der Waals surface area contributed by atoms with Gasteiger partial charge in [0.25, 0.3) is 0 Å². The molecule has 2 fully saturated rings. The van der Waals surface area contributed by atoms with Crippen LogP contribution in [0.4, 0.5) is 0 Å². The van der Waals surface area contributed by atoms with Crippen molar-refractivity contribution >= 4 is 24.1 Å². The molecule has 0 N–H and O–H groups in total. The first-order valence-corrected chi connectivity index (χ1v) is 14.5. The highest BCUT2D eigenvalue weighted by Gasteiger charge is 2.56. The molecule has 0 aliphatic heterocycles. The monoisotopic (exact) mass is 532 g/mol. The molecule has 4 heteroatoms. The van der Waals surface area contributed by atoms with Gasteiger partial charge in [-0.15, -0.1) is 0 Å². The number of fused-ring (bicyclic) bond motifs is 5. The van der Waals surface area contributed by atoms with E-state index in [-0.39, 0.29) is 23.5 Å². The van der Waals surface area contributed by atoms with Gasteiger partial charge in [-0.3, -0.25) is 0 Å². The Labute approximate surface area is 236 Å². The van der Waals surface area contributed by atoms with Crippen LogP contribution in [0.3, 0.4) is 0 Å². The molecule has 0 bridgehead atoms. The number of carbonyl (C=O) groups is 2. The summed E-state index contributed by atoms with van der Waals surface area (Å²) >= 11 is 0. The molecule has 3 aliphatic rings. The Morgan fingerprint density at radius 1 is 0.800 bits per heavy atom. The zero-order valence-electron chi connectivity index (χ0n) is 23.0. The molecule has 40 heavy (non-hydrogen) atoms. The van der Waals surface area contributed by atoms with Gasteiger partial charge >= 0.3 is 11.9 Å². The number of rotatable bonds is 6. The van der Waals surface area contributed by atoms with E-state index in [0.717, 1.165) is 49.7 Å². The summed E-state index contributed by atoms with van der Waals surface area (Å²) in [5.41, 5.74) is 4.69. The van der Waals surface area contributed by atoms with Crippen molar-refractivity contribution in [2.75, 3.05) is 0 Å². The van der Waals surface area contributed by atoms with E-state index in [2.05, 4.69) is 19.1 Å². The lowest BCUT2D eigenvalue weighted by Gasteiger charge is -2.50. The average molecular weight is 533 g/mol. The molecule has 3 aromatic rings. The van der Waals surface area contributed by atoms with Crippen LogP contribution in [0.2, 0.25) is 0 Å². The van der Waals surface area contributed by atoms with Gasteiger partial charge in [-0.05, 0) is 103 Å². The molecular formula is C36H36O4. The second-order valence-corrected chi connectivity index (χ2v) is 11.7. The molecule has 0 radical (unpaired) electrons. The van der Waals surface area contributed by atoms with E-state index in [4.69, 9.17) is 9.47 Å². The second kappa shape index (κ2) is 11.3. The van der Waals surface area contributed by atoms with Crippen molar-refractivity contribution in [3.63, 3.8) is 0 Å². The normalized spacial score (nSPS) is 27.1. The minimum atomic E-state index is -0.365. The number of aryl methyl sites for hydroxylation is 1. The maximum atomic E-state index is 12.7. The quantitative estimate of drug-likeness (QED) is 0.185. The molecule has 2 saturated carbocycles. The SMILES string of the molecule is C[C@]12CC[C@@H]3c4ccc(OC(=O)/C=C/c5ccccc5)cc4CC[C@H]3[C@@H]1CC[C@@H]2OC(=O)/C=C/c1ccccc1. The van der Waals surface area contributed by atoms with Crippen molar-refractivity contribution < 1.29 is 19.1 Å². The molecule has 0 unspecified atom stereocenters. The molecule has 0 aromatic heterocycles. The number of carbonyl (C=O) groups excluding carboxylic acids is 2. The van der Waals surface area contributed by atoms with Crippen LogP contribution in [0.25, 0.3) is 12.2 Å². The molecule has 0 heterocycles. The van der Waals surface area contributed by atoms with Crippen molar-refractivity contribution in [1.29, 1.82) is 0 Å². The number of benzene rings is 3. The first-order chi connectivity index (χ1) is 19.5. The van der Waals surface area contributed by atoms with E-state index in [0.29, 0.717) is 23.5 Å². The number of hydrogen-bond acceptors (Lipinski definition) is 4. The highest BCUT2D eigenvalue weighted by atomic mass is 16.5. The van der Waals surface area contributed by atoms with Gasteiger partial charge in [0.2, 0.25) is 0 Å². The lowest BCUT2D eigenvalue weighted by atomic mass is 9.55. The Kier molecular flexibility index (Phi) is 7.42.